The molecule has 0 fully saturated rings. The number of anilines is 1. The van der Waals surface area contributed by atoms with E-state index in [9.17, 15) is 4.79 Å². The maximum Gasteiger partial charge on any atom is 0.338 e. The van der Waals surface area contributed by atoms with Crippen LogP contribution in [0.4, 0.5) is 5.95 Å². The van der Waals surface area contributed by atoms with Crippen molar-refractivity contribution in [2.24, 2.45) is 0 Å². The molecule has 0 aliphatic carbocycles. The number of carbonyl (C=O) groups is 1. The van der Waals surface area contributed by atoms with Gasteiger partial charge in [-0.25, -0.2) is 14.8 Å². The summed E-state index contributed by atoms with van der Waals surface area (Å²) in [4.78, 5) is 25.7. The first kappa shape index (κ1) is 15.0. The number of hydrogen-bond acceptors (Lipinski definition) is 5. The Labute approximate surface area is 134 Å². The Kier molecular flexibility index (Phi) is 3.97. The lowest BCUT2D eigenvalue weighted by Crippen LogP contribution is -2.12. The summed E-state index contributed by atoms with van der Waals surface area (Å²) in [6.07, 6.45) is 1.73. The van der Waals surface area contributed by atoms with Crippen molar-refractivity contribution >= 4 is 22.8 Å². The van der Waals surface area contributed by atoms with E-state index in [1.165, 1.54) is 0 Å². The van der Waals surface area contributed by atoms with Gasteiger partial charge in [0.1, 0.15) is 0 Å². The summed E-state index contributed by atoms with van der Waals surface area (Å²) in [5.74, 6) is 0.336. The molecule has 6 nitrogen and oxygen atoms in total. The SMILES string of the molecule is CCOC(=O)c1ccc2[nH]c(-c3ccnc(N(C)C)n3)cc2c1. The third-order valence-corrected chi connectivity index (χ3v) is 3.45. The summed E-state index contributed by atoms with van der Waals surface area (Å²) in [7, 11) is 3.80. The predicted molar refractivity (Wildman–Crippen MR) is 89.6 cm³/mol. The quantitative estimate of drug-likeness (QED) is 0.750. The minimum absolute atomic E-state index is 0.311. The summed E-state index contributed by atoms with van der Waals surface area (Å²) in [5.41, 5.74) is 3.17. The first-order valence-electron chi connectivity index (χ1n) is 7.39. The fourth-order valence-corrected chi connectivity index (χ4v) is 2.33. The second-order valence-electron chi connectivity index (χ2n) is 5.34. The lowest BCUT2D eigenvalue weighted by molar-refractivity contribution is 0.0526. The molecule has 2 aromatic heterocycles. The third-order valence-electron chi connectivity index (χ3n) is 3.45. The van der Waals surface area contributed by atoms with Gasteiger partial charge in [-0.1, -0.05) is 0 Å². The monoisotopic (exact) mass is 310 g/mol. The molecule has 3 rings (SSSR count). The van der Waals surface area contributed by atoms with Crippen molar-refractivity contribution < 1.29 is 9.53 Å². The minimum Gasteiger partial charge on any atom is -0.462 e. The molecule has 3 aromatic rings. The Bertz CT molecular complexity index is 855. The molecule has 0 bridgehead atoms. The minimum atomic E-state index is -0.311. The number of H-pyrrole nitrogens is 1. The third kappa shape index (κ3) is 3.01. The van der Waals surface area contributed by atoms with Gasteiger partial charge in [0.15, 0.2) is 0 Å². The number of fused-ring (bicyclic) bond motifs is 1. The average Bonchev–Trinajstić information content (AvgIpc) is 2.98. The number of aromatic nitrogens is 3. The fraction of sp³-hybridized carbons (Fsp3) is 0.235. The van der Waals surface area contributed by atoms with E-state index in [2.05, 4.69) is 15.0 Å². The number of nitrogens with zero attached hydrogens (tertiary/aromatic N) is 3. The molecule has 0 atom stereocenters. The molecule has 23 heavy (non-hydrogen) atoms. The summed E-state index contributed by atoms with van der Waals surface area (Å²) in [6.45, 7) is 2.16. The van der Waals surface area contributed by atoms with E-state index in [1.54, 1.807) is 19.2 Å². The number of carbonyl (C=O) groups excluding carboxylic acids is 1. The van der Waals surface area contributed by atoms with Gasteiger partial charge in [-0.2, -0.15) is 0 Å². The van der Waals surface area contributed by atoms with Crippen molar-refractivity contribution in [3.63, 3.8) is 0 Å². The Balaban J connectivity index is 2.00. The second kappa shape index (κ2) is 6.08. The topological polar surface area (TPSA) is 71.1 Å². The predicted octanol–water partition coefficient (Wildman–Crippen LogP) is 2.87. The number of ether oxygens (including phenoxy) is 1. The lowest BCUT2D eigenvalue weighted by Gasteiger charge is -2.09. The van der Waals surface area contributed by atoms with Gasteiger partial charge in [0.25, 0.3) is 0 Å². The summed E-state index contributed by atoms with van der Waals surface area (Å²) in [6, 6.07) is 9.27. The normalized spacial score (nSPS) is 10.7. The molecule has 0 radical (unpaired) electrons. The maximum absolute atomic E-state index is 11.8. The zero-order valence-electron chi connectivity index (χ0n) is 13.3. The number of aromatic amines is 1. The van der Waals surface area contributed by atoms with Crippen molar-refractivity contribution in [3.8, 4) is 11.4 Å². The average molecular weight is 310 g/mol. The van der Waals surface area contributed by atoms with Crippen LogP contribution in [-0.2, 0) is 4.74 Å². The smallest absolute Gasteiger partial charge is 0.338 e. The Hall–Kier alpha value is -2.89. The van der Waals surface area contributed by atoms with Gasteiger partial charge < -0.3 is 14.6 Å². The van der Waals surface area contributed by atoms with Gasteiger partial charge in [0, 0.05) is 31.2 Å². The first-order chi connectivity index (χ1) is 11.1. The molecular formula is C17H18N4O2. The van der Waals surface area contributed by atoms with Gasteiger partial charge >= 0.3 is 5.97 Å². The van der Waals surface area contributed by atoms with Crippen LogP contribution in [0.5, 0.6) is 0 Å². The van der Waals surface area contributed by atoms with Gasteiger partial charge in [0.2, 0.25) is 5.95 Å². The van der Waals surface area contributed by atoms with Crippen LogP contribution in [0.25, 0.3) is 22.3 Å². The van der Waals surface area contributed by atoms with Crippen LogP contribution in [0.15, 0.2) is 36.5 Å². The summed E-state index contributed by atoms with van der Waals surface area (Å²) in [5, 5.41) is 0.940. The van der Waals surface area contributed by atoms with Crippen molar-refractivity contribution in [3.05, 3.63) is 42.1 Å². The Morgan fingerprint density at radius 3 is 2.83 bits per heavy atom. The van der Waals surface area contributed by atoms with E-state index in [0.717, 1.165) is 22.3 Å². The number of esters is 1. The standard InChI is InChI=1S/C17H18N4O2/c1-4-23-16(22)11-5-6-13-12(9-11)10-15(19-13)14-7-8-18-17(20-14)21(2)3/h5-10,19H,4H2,1-3H3. The van der Waals surface area contributed by atoms with Crippen molar-refractivity contribution in [2.75, 3.05) is 25.6 Å². The molecule has 0 saturated heterocycles. The molecule has 118 valence electrons. The molecular weight excluding hydrogens is 292 g/mol. The Morgan fingerprint density at radius 2 is 2.09 bits per heavy atom. The van der Waals surface area contributed by atoms with E-state index < -0.39 is 0 Å². The van der Waals surface area contributed by atoms with E-state index >= 15 is 0 Å². The zero-order valence-corrected chi connectivity index (χ0v) is 13.3. The number of nitrogens with one attached hydrogen (secondary N) is 1. The highest BCUT2D eigenvalue weighted by molar-refractivity contribution is 5.96. The van der Waals surface area contributed by atoms with Gasteiger partial charge in [-0.15, -0.1) is 0 Å². The van der Waals surface area contributed by atoms with Crippen LogP contribution >= 0.6 is 0 Å². The molecule has 0 saturated carbocycles. The lowest BCUT2D eigenvalue weighted by atomic mass is 10.1. The van der Waals surface area contributed by atoms with Crippen LogP contribution in [-0.4, -0.2) is 41.6 Å². The van der Waals surface area contributed by atoms with E-state index in [0.29, 0.717) is 18.1 Å². The fourth-order valence-electron chi connectivity index (χ4n) is 2.33. The first-order valence-corrected chi connectivity index (χ1v) is 7.39. The summed E-state index contributed by atoms with van der Waals surface area (Å²) < 4.78 is 5.04. The van der Waals surface area contributed by atoms with Crippen molar-refractivity contribution in [1.82, 2.24) is 15.0 Å². The zero-order chi connectivity index (χ0) is 16.4. The maximum atomic E-state index is 11.8. The highest BCUT2D eigenvalue weighted by Gasteiger charge is 2.11. The number of benzene rings is 1. The molecule has 1 N–H and O–H groups in total. The van der Waals surface area contributed by atoms with Crippen molar-refractivity contribution in [1.29, 1.82) is 0 Å². The highest BCUT2D eigenvalue weighted by Crippen LogP contribution is 2.24. The molecule has 0 spiro atoms. The molecule has 0 aliphatic rings. The highest BCUT2D eigenvalue weighted by atomic mass is 16.5. The molecule has 0 aliphatic heterocycles. The van der Waals surface area contributed by atoms with E-state index in [-0.39, 0.29) is 5.97 Å². The molecule has 0 unspecified atom stereocenters. The number of rotatable bonds is 4. The second-order valence-corrected chi connectivity index (χ2v) is 5.34. The largest absolute Gasteiger partial charge is 0.462 e. The van der Waals surface area contributed by atoms with Crippen LogP contribution in [0, 0.1) is 0 Å². The molecule has 0 amide bonds. The van der Waals surface area contributed by atoms with Crippen molar-refractivity contribution in [2.45, 2.75) is 6.92 Å². The molecule has 1 aromatic carbocycles. The molecule has 2 heterocycles. The van der Waals surface area contributed by atoms with Crippen LogP contribution in [0.2, 0.25) is 0 Å². The van der Waals surface area contributed by atoms with Crippen LogP contribution in [0.1, 0.15) is 17.3 Å². The molecule has 6 heteroatoms. The van der Waals surface area contributed by atoms with Crippen LogP contribution < -0.4 is 4.90 Å². The van der Waals surface area contributed by atoms with E-state index in [4.69, 9.17) is 4.74 Å². The van der Waals surface area contributed by atoms with Gasteiger partial charge in [-0.05, 0) is 37.3 Å². The Morgan fingerprint density at radius 1 is 1.26 bits per heavy atom. The van der Waals surface area contributed by atoms with E-state index in [1.807, 2.05) is 43.3 Å². The van der Waals surface area contributed by atoms with Gasteiger partial charge in [-0.3, -0.25) is 0 Å². The number of hydrogen-bond donors (Lipinski definition) is 1. The summed E-state index contributed by atoms with van der Waals surface area (Å²) >= 11 is 0. The van der Waals surface area contributed by atoms with Crippen LogP contribution in [0.3, 0.4) is 0 Å². The van der Waals surface area contributed by atoms with Gasteiger partial charge in [0.05, 0.1) is 23.6 Å².